The fraction of sp³-hybridized carbons (Fsp3) is 0.200. The van der Waals surface area contributed by atoms with Crippen LogP contribution in [0.25, 0.3) is 0 Å². The second-order valence-corrected chi connectivity index (χ2v) is 1.87. The van der Waals surface area contributed by atoms with E-state index >= 15 is 0 Å². The summed E-state index contributed by atoms with van der Waals surface area (Å²) in [5.74, 6) is 0. The average molecular weight is 105 g/mol. The summed E-state index contributed by atoms with van der Waals surface area (Å²) in [7, 11) is 0. The van der Waals surface area contributed by atoms with Crippen molar-refractivity contribution in [3.05, 3.63) is 11.9 Å². The minimum absolute atomic E-state index is 0.472. The van der Waals surface area contributed by atoms with Crippen LogP contribution in [0.15, 0.2) is 16.9 Å². The lowest BCUT2D eigenvalue weighted by atomic mass is 10.2. The van der Waals surface area contributed by atoms with Gasteiger partial charge < -0.3 is 5.32 Å². The molecule has 0 amide bonds. The summed E-state index contributed by atoms with van der Waals surface area (Å²) in [5, 5.41) is 11.3. The molecule has 0 aliphatic carbocycles. The van der Waals surface area contributed by atoms with E-state index in [0.717, 1.165) is 5.70 Å². The molecule has 1 N–H and O–H groups in total. The maximum Gasteiger partial charge on any atom is 0.202 e. The normalized spacial score (nSPS) is 37.1. The van der Waals surface area contributed by atoms with E-state index in [1.54, 1.807) is 12.4 Å². The average Bonchev–Trinajstić information content (AvgIpc) is 2.38. The third kappa shape index (κ3) is 0.205. The van der Waals surface area contributed by atoms with Crippen LogP contribution in [0.2, 0.25) is 0 Å². The highest BCUT2D eigenvalue weighted by atomic mass is 15.2. The first-order valence-corrected chi connectivity index (χ1v) is 2.32. The third-order valence-corrected chi connectivity index (χ3v) is 1.34. The van der Waals surface area contributed by atoms with Gasteiger partial charge in [0, 0.05) is 6.20 Å². The van der Waals surface area contributed by atoms with Gasteiger partial charge in [-0.15, -0.1) is 0 Å². The number of fused-ring (bicyclic) bond motifs is 1. The molecule has 1 saturated heterocycles. The van der Waals surface area contributed by atoms with Crippen LogP contribution >= 0.6 is 0 Å². The van der Waals surface area contributed by atoms with Crippen LogP contribution in [0.5, 0.6) is 0 Å². The second kappa shape index (κ2) is 0.781. The molecule has 0 bridgehead atoms. The topological polar surface area (TPSA) is 58.1 Å². The van der Waals surface area contributed by atoms with Gasteiger partial charge in [0.15, 0.2) is 0 Å². The first-order chi connectivity index (χ1) is 3.87. The Bertz CT molecular complexity index is 233. The lowest BCUT2D eigenvalue weighted by Crippen LogP contribution is -2.11. The van der Waals surface area contributed by atoms with E-state index in [4.69, 9.17) is 5.26 Å². The summed E-state index contributed by atoms with van der Waals surface area (Å²) >= 11 is 0. The van der Waals surface area contributed by atoms with Crippen molar-refractivity contribution in [2.45, 2.75) is 5.54 Å². The highest BCUT2D eigenvalue weighted by molar-refractivity contribution is 5.90. The third-order valence-electron chi connectivity index (χ3n) is 1.34. The Morgan fingerprint density at radius 2 is 2.75 bits per heavy atom. The highest BCUT2D eigenvalue weighted by Gasteiger charge is 2.50. The molecular weight excluding hydrogens is 102 g/mol. The first-order valence-electron chi connectivity index (χ1n) is 2.32. The van der Waals surface area contributed by atoms with Crippen molar-refractivity contribution in [2.24, 2.45) is 4.99 Å². The summed E-state index contributed by atoms with van der Waals surface area (Å²) in [4.78, 5) is 3.79. The largest absolute Gasteiger partial charge is 0.357 e. The summed E-state index contributed by atoms with van der Waals surface area (Å²) in [6, 6.07) is 2.09. The Balaban J connectivity index is 2.50. The van der Waals surface area contributed by atoms with Gasteiger partial charge in [-0.25, -0.2) is 0 Å². The van der Waals surface area contributed by atoms with Crippen molar-refractivity contribution >= 4 is 6.21 Å². The van der Waals surface area contributed by atoms with E-state index in [9.17, 15) is 0 Å². The molecule has 0 saturated carbocycles. The molecule has 0 aromatic heterocycles. The van der Waals surface area contributed by atoms with Crippen LogP contribution in [0, 0.1) is 11.3 Å². The molecule has 2 heterocycles. The van der Waals surface area contributed by atoms with Gasteiger partial charge in [0.25, 0.3) is 0 Å². The van der Waals surface area contributed by atoms with Crippen LogP contribution in [0.3, 0.4) is 0 Å². The molecular formula is C5H3N3. The summed E-state index contributed by atoms with van der Waals surface area (Å²) < 4.78 is 0. The number of rotatable bonds is 0. The molecule has 0 spiro atoms. The lowest BCUT2D eigenvalue weighted by molar-refractivity contribution is 1.08. The minimum Gasteiger partial charge on any atom is -0.357 e. The zero-order chi connectivity index (χ0) is 5.61. The zero-order valence-electron chi connectivity index (χ0n) is 4.05. The Morgan fingerprint density at radius 1 is 1.88 bits per heavy atom. The van der Waals surface area contributed by atoms with E-state index in [1.165, 1.54) is 0 Å². The van der Waals surface area contributed by atoms with Crippen molar-refractivity contribution in [2.75, 3.05) is 0 Å². The molecule has 0 aromatic rings. The Morgan fingerprint density at radius 3 is 3.00 bits per heavy atom. The maximum atomic E-state index is 8.42. The molecule has 1 atom stereocenters. The number of nitrogens with one attached hydrogen (secondary N) is 1. The van der Waals surface area contributed by atoms with Gasteiger partial charge in [0.05, 0.1) is 11.9 Å². The summed E-state index contributed by atoms with van der Waals surface area (Å²) in [6.45, 7) is 0. The van der Waals surface area contributed by atoms with Crippen molar-refractivity contribution in [3.8, 4) is 6.07 Å². The Hall–Kier alpha value is -1.30. The van der Waals surface area contributed by atoms with Gasteiger partial charge in [-0.1, -0.05) is 0 Å². The van der Waals surface area contributed by atoms with E-state index < -0.39 is 5.54 Å². The monoisotopic (exact) mass is 105 g/mol. The van der Waals surface area contributed by atoms with Crippen molar-refractivity contribution in [1.82, 2.24) is 5.32 Å². The molecule has 3 nitrogen and oxygen atoms in total. The Labute approximate surface area is 46.3 Å². The standard InChI is InChI=1S/C5H3N3/c6-2-5-3-7-1-4(5)8-5/h1,3,8H. The highest BCUT2D eigenvalue weighted by Crippen LogP contribution is 2.31. The van der Waals surface area contributed by atoms with Gasteiger partial charge in [-0.05, 0) is 0 Å². The molecule has 1 unspecified atom stereocenters. The summed E-state index contributed by atoms with van der Waals surface area (Å²) in [6.07, 6.45) is 3.28. The van der Waals surface area contributed by atoms with Crippen LogP contribution < -0.4 is 5.32 Å². The van der Waals surface area contributed by atoms with E-state index in [1.807, 2.05) is 0 Å². The molecule has 2 rings (SSSR count). The predicted octanol–water partition coefficient (Wildman–Crippen LogP) is -0.222. The molecule has 2 aliphatic rings. The van der Waals surface area contributed by atoms with Gasteiger partial charge in [0.2, 0.25) is 5.54 Å². The van der Waals surface area contributed by atoms with Gasteiger partial charge in [0.1, 0.15) is 6.07 Å². The number of hydrogen-bond donors (Lipinski definition) is 1. The van der Waals surface area contributed by atoms with E-state index in [-0.39, 0.29) is 0 Å². The Kier molecular flexibility index (Phi) is 0.358. The maximum absolute atomic E-state index is 8.42. The second-order valence-electron chi connectivity index (χ2n) is 1.87. The van der Waals surface area contributed by atoms with Crippen molar-refractivity contribution in [3.63, 3.8) is 0 Å². The number of nitrogens with zero attached hydrogens (tertiary/aromatic N) is 2. The van der Waals surface area contributed by atoms with E-state index in [0.29, 0.717) is 0 Å². The van der Waals surface area contributed by atoms with Crippen LogP contribution in [-0.2, 0) is 0 Å². The van der Waals surface area contributed by atoms with Gasteiger partial charge in [-0.3, -0.25) is 4.99 Å². The van der Waals surface area contributed by atoms with Gasteiger partial charge >= 0.3 is 0 Å². The molecule has 2 aliphatic heterocycles. The van der Waals surface area contributed by atoms with E-state index in [2.05, 4.69) is 16.4 Å². The predicted molar refractivity (Wildman–Crippen MR) is 28.1 cm³/mol. The van der Waals surface area contributed by atoms with Crippen LogP contribution in [0.4, 0.5) is 0 Å². The SMILES string of the molecule is N#CC12C=NC=C1N2. The van der Waals surface area contributed by atoms with Crippen molar-refractivity contribution < 1.29 is 0 Å². The van der Waals surface area contributed by atoms with Gasteiger partial charge in [-0.2, -0.15) is 5.26 Å². The van der Waals surface area contributed by atoms with Crippen LogP contribution in [0.1, 0.15) is 0 Å². The number of aliphatic imine (C=N–C) groups is 1. The minimum atomic E-state index is -0.472. The number of hydrogen-bond acceptors (Lipinski definition) is 3. The van der Waals surface area contributed by atoms with Crippen molar-refractivity contribution in [1.29, 1.82) is 5.26 Å². The quantitative estimate of drug-likeness (QED) is 0.433. The van der Waals surface area contributed by atoms with Crippen LogP contribution in [-0.4, -0.2) is 11.8 Å². The summed E-state index contributed by atoms with van der Waals surface area (Å²) in [5.41, 5.74) is 0.458. The first kappa shape index (κ1) is 3.67. The molecule has 38 valence electrons. The zero-order valence-corrected chi connectivity index (χ0v) is 4.05. The molecule has 1 fully saturated rings. The molecule has 8 heavy (non-hydrogen) atoms. The smallest absolute Gasteiger partial charge is 0.202 e. The fourth-order valence-corrected chi connectivity index (χ4v) is 0.758. The molecule has 3 heteroatoms. The fourth-order valence-electron chi connectivity index (χ4n) is 0.758. The lowest BCUT2D eigenvalue weighted by Gasteiger charge is -1.81. The molecule has 0 radical (unpaired) electrons. The number of nitriles is 1. The molecule has 0 aromatic carbocycles.